The largest absolute Gasteiger partial charge is 0.480 e. The zero-order valence-corrected chi connectivity index (χ0v) is 18.1. The zero-order valence-electron chi connectivity index (χ0n) is 16.6. The van der Waals surface area contributed by atoms with E-state index in [1.807, 2.05) is 18.2 Å². The van der Waals surface area contributed by atoms with Crippen LogP contribution in [0.15, 0.2) is 36.4 Å². The van der Waals surface area contributed by atoms with Crippen molar-refractivity contribution < 1.29 is 19.1 Å². The van der Waals surface area contributed by atoms with Gasteiger partial charge >= 0.3 is 5.97 Å². The lowest BCUT2D eigenvalue weighted by Gasteiger charge is -2.25. The molecule has 0 radical (unpaired) electrons. The van der Waals surface area contributed by atoms with Crippen LogP contribution in [0.1, 0.15) is 29.7 Å². The van der Waals surface area contributed by atoms with Crippen molar-refractivity contribution in [3.63, 3.8) is 0 Å². The van der Waals surface area contributed by atoms with E-state index in [1.165, 1.54) is 12.1 Å². The number of carboxylic acid groups (broad SMARTS) is 1. The first-order chi connectivity index (χ1) is 14.8. The maximum atomic E-state index is 14.1. The molecule has 0 aliphatic heterocycles. The Morgan fingerprint density at radius 3 is 2.71 bits per heavy atom. The Hall–Kier alpha value is -2.57. The predicted molar refractivity (Wildman–Crippen MR) is 118 cm³/mol. The Bertz CT molecular complexity index is 1180. The Morgan fingerprint density at radius 2 is 1.97 bits per heavy atom. The number of rotatable bonds is 6. The third-order valence-corrected chi connectivity index (χ3v) is 6.37. The normalized spacial score (nSPS) is 15.6. The minimum absolute atomic E-state index is 0.0770. The van der Waals surface area contributed by atoms with Crippen molar-refractivity contribution in [3.8, 4) is 0 Å². The van der Waals surface area contributed by atoms with E-state index in [0.717, 1.165) is 16.8 Å². The van der Waals surface area contributed by atoms with Gasteiger partial charge in [0.05, 0.1) is 10.5 Å². The second kappa shape index (κ2) is 8.89. The molecule has 8 heteroatoms. The van der Waals surface area contributed by atoms with Gasteiger partial charge in [-0.05, 0) is 55.0 Å². The second-order valence-electron chi connectivity index (χ2n) is 7.79. The Morgan fingerprint density at radius 1 is 1.19 bits per heavy atom. The molecule has 1 aromatic heterocycles. The molecule has 162 valence electrons. The van der Waals surface area contributed by atoms with Crippen LogP contribution in [0.4, 0.5) is 4.39 Å². The van der Waals surface area contributed by atoms with Gasteiger partial charge < -0.3 is 15.0 Å². The van der Waals surface area contributed by atoms with Crippen LogP contribution in [0, 0.1) is 5.82 Å². The quantitative estimate of drug-likeness (QED) is 0.553. The van der Waals surface area contributed by atoms with E-state index < -0.39 is 11.8 Å². The van der Waals surface area contributed by atoms with Crippen LogP contribution in [-0.2, 0) is 35.4 Å². The summed E-state index contributed by atoms with van der Waals surface area (Å²) in [6, 6.07) is 9.91. The van der Waals surface area contributed by atoms with Crippen LogP contribution in [-0.4, -0.2) is 27.6 Å². The fourth-order valence-electron chi connectivity index (χ4n) is 4.38. The molecule has 2 aromatic carbocycles. The van der Waals surface area contributed by atoms with Crippen LogP contribution in [0.5, 0.6) is 0 Å². The smallest absolute Gasteiger partial charge is 0.323 e. The molecule has 0 saturated carbocycles. The number of hydrogen-bond acceptors (Lipinski definition) is 2. The van der Waals surface area contributed by atoms with E-state index in [2.05, 4.69) is 5.32 Å². The lowest BCUT2D eigenvalue weighted by Crippen LogP contribution is -2.39. The number of halogens is 3. The lowest BCUT2D eigenvalue weighted by atomic mass is 9.91. The summed E-state index contributed by atoms with van der Waals surface area (Å²) in [6.45, 7) is -0.244. The second-order valence-corrected chi connectivity index (χ2v) is 8.60. The van der Waals surface area contributed by atoms with Crippen molar-refractivity contribution in [1.82, 2.24) is 9.88 Å². The molecule has 1 atom stereocenters. The molecular formula is C23H21Cl2FN2O3. The molecule has 31 heavy (non-hydrogen) atoms. The average Bonchev–Trinajstić information content (AvgIpc) is 3.00. The predicted octanol–water partition coefficient (Wildman–Crippen LogP) is 4.78. The number of aromatic nitrogens is 1. The Labute approximate surface area is 188 Å². The maximum Gasteiger partial charge on any atom is 0.323 e. The van der Waals surface area contributed by atoms with Gasteiger partial charge in [0.2, 0.25) is 5.91 Å². The topological polar surface area (TPSA) is 71.3 Å². The van der Waals surface area contributed by atoms with Gasteiger partial charge in [0.1, 0.15) is 12.4 Å². The molecular weight excluding hydrogens is 442 g/mol. The summed E-state index contributed by atoms with van der Waals surface area (Å²) >= 11 is 12.4. The van der Waals surface area contributed by atoms with Gasteiger partial charge in [0.15, 0.2) is 0 Å². The van der Waals surface area contributed by atoms with Crippen LogP contribution < -0.4 is 5.32 Å². The molecule has 0 bridgehead atoms. The third-order valence-electron chi connectivity index (χ3n) is 5.72. The summed E-state index contributed by atoms with van der Waals surface area (Å²) in [4.78, 5) is 23.9. The van der Waals surface area contributed by atoms with E-state index in [1.54, 1.807) is 10.6 Å². The van der Waals surface area contributed by atoms with Crippen molar-refractivity contribution in [1.29, 1.82) is 0 Å². The molecule has 4 rings (SSSR count). The molecule has 2 N–H and O–H groups in total. The van der Waals surface area contributed by atoms with Crippen LogP contribution in [0.3, 0.4) is 0 Å². The number of carbonyl (C=O) groups is 2. The molecule has 1 heterocycles. The molecule has 3 aromatic rings. The van der Waals surface area contributed by atoms with E-state index in [4.69, 9.17) is 23.2 Å². The number of fused-ring (bicyclic) bond motifs is 3. The first-order valence-electron chi connectivity index (χ1n) is 10.1. The molecule has 0 fully saturated rings. The zero-order chi connectivity index (χ0) is 22.1. The van der Waals surface area contributed by atoms with Crippen LogP contribution >= 0.6 is 23.2 Å². The molecule has 1 aliphatic rings. The Balaban J connectivity index is 1.53. The fraction of sp³-hybridized carbons (Fsp3) is 0.304. The van der Waals surface area contributed by atoms with E-state index >= 15 is 0 Å². The Kier molecular flexibility index (Phi) is 6.21. The minimum Gasteiger partial charge on any atom is -0.480 e. The van der Waals surface area contributed by atoms with Crippen molar-refractivity contribution in [2.75, 3.05) is 0 Å². The number of nitrogens with one attached hydrogen (secondary N) is 1. The molecule has 0 spiro atoms. The maximum absolute atomic E-state index is 14.1. The highest BCUT2D eigenvalue weighted by Crippen LogP contribution is 2.36. The number of benzene rings is 2. The van der Waals surface area contributed by atoms with Crippen molar-refractivity contribution in [2.45, 2.75) is 44.7 Å². The van der Waals surface area contributed by atoms with Crippen molar-refractivity contribution in [2.24, 2.45) is 0 Å². The molecule has 1 unspecified atom stereocenters. The van der Waals surface area contributed by atoms with Gasteiger partial charge in [-0.1, -0.05) is 41.4 Å². The molecule has 1 aliphatic carbocycles. The van der Waals surface area contributed by atoms with Gasteiger partial charge in [0.25, 0.3) is 0 Å². The number of carboxylic acids is 1. The lowest BCUT2D eigenvalue weighted by molar-refractivity contribution is -0.137. The van der Waals surface area contributed by atoms with Crippen LogP contribution in [0.2, 0.25) is 10.0 Å². The number of amides is 1. The number of hydrogen-bond donors (Lipinski definition) is 2. The highest BCUT2D eigenvalue weighted by Gasteiger charge is 2.28. The van der Waals surface area contributed by atoms with E-state index in [0.29, 0.717) is 48.0 Å². The summed E-state index contributed by atoms with van der Waals surface area (Å²) in [7, 11) is 0. The number of nitrogens with zero attached hydrogens (tertiary/aromatic N) is 1. The van der Waals surface area contributed by atoms with Gasteiger partial charge in [-0.3, -0.25) is 9.59 Å². The fourth-order valence-corrected chi connectivity index (χ4v) is 4.92. The van der Waals surface area contributed by atoms with Gasteiger partial charge in [-0.25, -0.2) is 4.39 Å². The van der Waals surface area contributed by atoms with Crippen molar-refractivity contribution in [3.05, 3.63) is 69.1 Å². The molecule has 0 saturated heterocycles. The third kappa shape index (κ3) is 4.55. The van der Waals surface area contributed by atoms with Crippen molar-refractivity contribution >= 4 is 46.0 Å². The number of aliphatic carboxylic acids is 1. The number of carbonyl (C=O) groups excluding carboxylic acids is 1. The van der Waals surface area contributed by atoms with Gasteiger partial charge in [-0.2, -0.15) is 0 Å². The SMILES string of the molecule is O=C(O)Cn1c2c(c3cc(F)cc(Cl)c31)CC(NC(=O)CCc1ccccc1Cl)CC2. The highest BCUT2D eigenvalue weighted by molar-refractivity contribution is 6.35. The van der Waals surface area contributed by atoms with Gasteiger partial charge in [-0.15, -0.1) is 0 Å². The monoisotopic (exact) mass is 462 g/mol. The minimum atomic E-state index is -0.991. The number of aryl methyl sites for hydroxylation is 1. The standard InChI is InChI=1S/C23H21Cl2FN2O3/c24-18-4-2-1-3-13(18)5-8-21(29)27-15-6-7-20-16(11-15)17-9-14(26)10-19(25)23(17)28(20)12-22(30)31/h1-4,9-10,15H,5-8,11-12H2,(H,27,29)(H,30,31). The summed E-state index contributed by atoms with van der Waals surface area (Å²) in [5.74, 6) is -1.54. The van der Waals surface area contributed by atoms with E-state index in [9.17, 15) is 19.1 Å². The molecule has 1 amide bonds. The first kappa shape index (κ1) is 21.7. The van der Waals surface area contributed by atoms with Gasteiger partial charge in [0, 0.05) is 28.6 Å². The first-order valence-corrected chi connectivity index (χ1v) is 10.8. The van der Waals surface area contributed by atoms with Crippen LogP contribution in [0.25, 0.3) is 10.9 Å². The summed E-state index contributed by atoms with van der Waals surface area (Å²) in [5.41, 5.74) is 3.14. The average molecular weight is 463 g/mol. The summed E-state index contributed by atoms with van der Waals surface area (Å²) < 4.78 is 15.7. The summed E-state index contributed by atoms with van der Waals surface area (Å²) in [6.07, 6.45) is 2.60. The van der Waals surface area contributed by atoms with E-state index in [-0.39, 0.29) is 23.5 Å². The molecule has 5 nitrogen and oxygen atoms in total. The summed E-state index contributed by atoms with van der Waals surface area (Å²) in [5, 5.41) is 13.8. The highest BCUT2D eigenvalue weighted by atomic mass is 35.5.